The van der Waals surface area contributed by atoms with Crippen LogP contribution in [0.25, 0.3) is 0 Å². The van der Waals surface area contributed by atoms with Crippen molar-refractivity contribution in [3.63, 3.8) is 0 Å². The fourth-order valence-corrected chi connectivity index (χ4v) is 2.45. The first-order valence-electron chi connectivity index (χ1n) is 5.24. The van der Waals surface area contributed by atoms with Crippen molar-refractivity contribution in [3.8, 4) is 0 Å². The first kappa shape index (κ1) is 12.3. The quantitative estimate of drug-likeness (QED) is 0.911. The molecule has 2 rings (SSSR count). The lowest BCUT2D eigenvalue weighted by Crippen LogP contribution is -2.04. The van der Waals surface area contributed by atoms with E-state index < -0.39 is 5.82 Å². The third-order valence-corrected chi connectivity index (χ3v) is 3.73. The van der Waals surface area contributed by atoms with Crippen molar-refractivity contribution in [2.75, 3.05) is 11.9 Å². The molecule has 1 N–H and O–H groups in total. The van der Waals surface area contributed by atoms with Crippen LogP contribution in [-0.2, 0) is 6.42 Å². The van der Waals surface area contributed by atoms with Gasteiger partial charge in [-0.2, -0.15) is 0 Å². The van der Waals surface area contributed by atoms with Gasteiger partial charge in [-0.3, -0.25) is 0 Å². The summed E-state index contributed by atoms with van der Waals surface area (Å²) in [5.74, 6) is -0.393. The number of aromatic nitrogens is 1. The average molecular weight is 271 g/mol. The van der Waals surface area contributed by atoms with E-state index in [1.165, 1.54) is 10.9 Å². The van der Waals surface area contributed by atoms with Crippen molar-refractivity contribution in [2.45, 2.75) is 13.3 Å². The smallest absolute Gasteiger partial charge is 0.141 e. The normalized spacial score (nSPS) is 10.5. The molecule has 0 bridgehead atoms. The fraction of sp³-hybridized carbons (Fsp3) is 0.250. The largest absolute Gasteiger partial charge is 0.385 e. The monoisotopic (exact) mass is 270 g/mol. The summed E-state index contributed by atoms with van der Waals surface area (Å²) >= 11 is 7.35. The SMILES string of the molecule is Cc1ncsc1CCNc1ccc(F)c(Cl)c1. The van der Waals surface area contributed by atoms with Crippen LogP contribution in [0.4, 0.5) is 10.1 Å². The number of rotatable bonds is 4. The molecule has 0 spiro atoms. The molecule has 0 unspecified atom stereocenters. The van der Waals surface area contributed by atoms with E-state index in [1.807, 2.05) is 12.4 Å². The maximum absolute atomic E-state index is 12.9. The summed E-state index contributed by atoms with van der Waals surface area (Å²) in [6.45, 7) is 2.78. The predicted octanol–water partition coefficient (Wildman–Crippen LogP) is 3.90. The van der Waals surface area contributed by atoms with Gasteiger partial charge in [-0.05, 0) is 25.1 Å². The second kappa shape index (κ2) is 5.47. The van der Waals surface area contributed by atoms with E-state index in [0.717, 1.165) is 24.3 Å². The molecule has 0 saturated carbocycles. The van der Waals surface area contributed by atoms with Crippen molar-refractivity contribution in [1.29, 1.82) is 0 Å². The maximum atomic E-state index is 12.9. The molecule has 2 nitrogen and oxygen atoms in total. The van der Waals surface area contributed by atoms with Crippen molar-refractivity contribution < 1.29 is 4.39 Å². The lowest BCUT2D eigenvalue weighted by molar-refractivity contribution is 0.628. The zero-order chi connectivity index (χ0) is 12.3. The van der Waals surface area contributed by atoms with Gasteiger partial charge in [0.2, 0.25) is 0 Å². The van der Waals surface area contributed by atoms with E-state index in [1.54, 1.807) is 23.5 Å². The van der Waals surface area contributed by atoms with Crippen molar-refractivity contribution >= 4 is 28.6 Å². The first-order valence-corrected chi connectivity index (χ1v) is 6.50. The Morgan fingerprint density at radius 3 is 2.94 bits per heavy atom. The summed E-state index contributed by atoms with van der Waals surface area (Å²) in [6, 6.07) is 4.64. The number of hydrogen-bond donors (Lipinski definition) is 1. The average Bonchev–Trinajstić information content (AvgIpc) is 2.70. The molecule has 1 heterocycles. The molecule has 0 aliphatic carbocycles. The molecule has 0 radical (unpaired) electrons. The number of hydrogen-bond acceptors (Lipinski definition) is 3. The van der Waals surface area contributed by atoms with Gasteiger partial charge in [0.05, 0.1) is 16.2 Å². The maximum Gasteiger partial charge on any atom is 0.141 e. The summed E-state index contributed by atoms with van der Waals surface area (Å²) in [6.07, 6.45) is 0.908. The zero-order valence-corrected chi connectivity index (χ0v) is 10.9. The summed E-state index contributed by atoms with van der Waals surface area (Å²) in [4.78, 5) is 5.46. The van der Waals surface area contributed by atoms with Crippen LogP contribution in [-0.4, -0.2) is 11.5 Å². The number of nitrogens with zero attached hydrogens (tertiary/aromatic N) is 1. The van der Waals surface area contributed by atoms with Crippen molar-refractivity contribution in [2.24, 2.45) is 0 Å². The van der Waals surface area contributed by atoms with E-state index in [9.17, 15) is 4.39 Å². The van der Waals surface area contributed by atoms with Crippen LogP contribution < -0.4 is 5.32 Å². The molecule has 2 aromatic rings. The molecule has 0 amide bonds. The highest BCUT2D eigenvalue weighted by atomic mass is 35.5. The molecule has 90 valence electrons. The predicted molar refractivity (Wildman–Crippen MR) is 70.5 cm³/mol. The van der Waals surface area contributed by atoms with Crippen LogP contribution in [0.3, 0.4) is 0 Å². The Morgan fingerprint density at radius 1 is 1.47 bits per heavy atom. The molecule has 0 saturated heterocycles. The summed E-state index contributed by atoms with van der Waals surface area (Å²) in [7, 11) is 0. The Bertz CT molecular complexity index is 513. The molecule has 1 aromatic heterocycles. The van der Waals surface area contributed by atoms with E-state index in [0.29, 0.717) is 0 Å². The second-order valence-electron chi connectivity index (χ2n) is 3.67. The van der Waals surface area contributed by atoms with Gasteiger partial charge in [0.25, 0.3) is 0 Å². The Hall–Kier alpha value is -1.13. The number of benzene rings is 1. The number of nitrogens with one attached hydrogen (secondary N) is 1. The summed E-state index contributed by atoms with van der Waals surface area (Å²) in [5.41, 5.74) is 3.76. The highest BCUT2D eigenvalue weighted by Gasteiger charge is 2.02. The van der Waals surface area contributed by atoms with E-state index >= 15 is 0 Å². The number of thiazole rings is 1. The molecule has 0 aliphatic heterocycles. The lowest BCUT2D eigenvalue weighted by Gasteiger charge is -2.06. The minimum atomic E-state index is -0.393. The molecular weight excluding hydrogens is 259 g/mol. The highest BCUT2D eigenvalue weighted by Crippen LogP contribution is 2.19. The van der Waals surface area contributed by atoms with Crippen LogP contribution in [0.5, 0.6) is 0 Å². The van der Waals surface area contributed by atoms with Gasteiger partial charge in [-0.1, -0.05) is 11.6 Å². The van der Waals surface area contributed by atoms with E-state index in [4.69, 9.17) is 11.6 Å². The third kappa shape index (κ3) is 3.17. The Kier molecular flexibility index (Phi) is 3.97. The van der Waals surface area contributed by atoms with Gasteiger partial charge in [0.1, 0.15) is 5.82 Å². The number of aryl methyl sites for hydroxylation is 1. The minimum absolute atomic E-state index is 0.143. The molecule has 0 atom stereocenters. The Balaban J connectivity index is 1.90. The van der Waals surface area contributed by atoms with Crippen LogP contribution in [0.1, 0.15) is 10.6 Å². The Morgan fingerprint density at radius 2 is 2.29 bits per heavy atom. The van der Waals surface area contributed by atoms with Crippen LogP contribution in [0, 0.1) is 12.7 Å². The van der Waals surface area contributed by atoms with Gasteiger partial charge in [-0.25, -0.2) is 9.37 Å². The van der Waals surface area contributed by atoms with Gasteiger partial charge < -0.3 is 5.32 Å². The second-order valence-corrected chi connectivity index (χ2v) is 5.01. The molecule has 17 heavy (non-hydrogen) atoms. The van der Waals surface area contributed by atoms with E-state index in [2.05, 4.69) is 10.3 Å². The number of halogens is 2. The molecular formula is C12H12ClFN2S. The highest BCUT2D eigenvalue weighted by molar-refractivity contribution is 7.09. The van der Waals surface area contributed by atoms with Crippen LogP contribution in [0.2, 0.25) is 5.02 Å². The zero-order valence-electron chi connectivity index (χ0n) is 9.34. The topological polar surface area (TPSA) is 24.9 Å². The third-order valence-electron chi connectivity index (χ3n) is 2.45. The first-order chi connectivity index (χ1) is 8.16. The summed E-state index contributed by atoms with van der Waals surface area (Å²) in [5, 5.41) is 3.35. The van der Waals surface area contributed by atoms with Gasteiger partial charge in [-0.15, -0.1) is 11.3 Å². The fourth-order valence-electron chi connectivity index (χ4n) is 1.49. The van der Waals surface area contributed by atoms with Crippen molar-refractivity contribution in [1.82, 2.24) is 4.98 Å². The molecule has 0 fully saturated rings. The number of anilines is 1. The minimum Gasteiger partial charge on any atom is -0.385 e. The molecule has 5 heteroatoms. The van der Waals surface area contributed by atoms with Gasteiger partial charge >= 0.3 is 0 Å². The molecule has 1 aromatic carbocycles. The van der Waals surface area contributed by atoms with Crippen LogP contribution in [0.15, 0.2) is 23.7 Å². The van der Waals surface area contributed by atoms with Gasteiger partial charge in [0, 0.05) is 23.5 Å². The Labute approximate surface area is 108 Å². The van der Waals surface area contributed by atoms with Crippen LogP contribution >= 0.6 is 22.9 Å². The van der Waals surface area contributed by atoms with Gasteiger partial charge in [0.15, 0.2) is 0 Å². The standard InChI is InChI=1S/C12H12ClFN2S/c1-8-12(17-7-16-8)4-5-15-9-2-3-11(14)10(13)6-9/h2-3,6-7,15H,4-5H2,1H3. The lowest BCUT2D eigenvalue weighted by atomic mass is 10.2. The van der Waals surface area contributed by atoms with E-state index in [-0.39, 0.29) is 5.02 Å². The molecule has 0 aliphatic rings. The summed E-state index contributed by atoms with van der Waals surface area (Å²) < 4.78 is 12.9. The van der Waals surface area contributed by atoms with Crippen molar-refractivity contribution in [3.05, 3.63) is 45.1 Å².